The molecule has 2 rings (SSSR count). The monoisotopic (exact) mass is 243 g/mol. The van der Waals surface area contributed by atoms with Gasteiger partial charge in [-0.15, -0.1) is 0 Å². The number of aryl methyl sites for hydroxylation is 1. The molecule has 0 aromatic carbocycles. The fourth-order valence-corrected chi connectivity index (χ4v) is 2.52. The maximum atomic E-state index is 5.88. The van der Waals surface area contributed by atoms with E-state index in [9.17, 15) is 0 Å². The van der Waals surface area contributed by atoms with Crippen LogP contribution in [0.3, 0.4) is 0 Å². The van der Waals surface area contributed by atoms with Crippen LogP contribution in [0, 0.1) is 0 Å². The van der Waals surface area contributed by atoms with Crippen LogP contribution >= 0.6 is 15.9 Å². The molecule has 2 heterocycles. The van der Waals surface area contributed by atoms with Crippen molar-refractivity contribution in [3.63, 3.8) is 0 Å². The lowest BCUT2D eigenvalue weighted by molar-refractivity contribution is 0.459. The minimum atomic E-state index is 0.298. The van der Waals surface area contributed by atoms with Gasteiger partial charge in [-0.05, 0) is 28.8 Å². The summed E-state index contributed by atoms with van der Waals surface area (Å²) in [6.07, 6.45) is 2.96. The van der Waals surface area contributed by atoms with Crippen molar-refractivity contribution in [2.24, 2.45) is 5.73 Å². The Kier molecular flexibility index (Phi) is 2.43. The standard InChI is InChI=1S/C9H14BrN3/c1-2-7-9(10)13-4-3-6(11)5-8(13)12-7/h6H,2-5,11H2,1H3. The van der Waals surface area contributed by atoms with E-state index in [2.05, 4.69) is 32.4 Å². The van der Waals surface area contributed by atoms with Crippen LogP contribution < -0.4 is 5.73 Å². The van der Waals surface area contributed by atoms with Gasteiger partial charge in [-0.2, -0.15) is 0 Å². The van der Waals surface area contributed by atoms with Crippen LogP contribution in [0.25, 0.3) is 0 Å². The van der Waals surface area contributed by atoms with E-state index in [4.69, 9.17) is 5.73 Å². The first-order chi connectivity index (χ1) is 6.22. The third kappa shape index (κ3) is 1.53. The predicted octanol–water partition coefficient (Wildman–Crippen LogP) is 1.48. The van der Waals surface area contributed by atoms with Crippen LogP contribution in [0.2, 0.25) is 0 Å². The second-order valence-corrected chi connectivity index (χ2v) is 4.27. The Morgan fingerprint density at radius 1 is 1.69 bits per heavy atom. The van der Waals surface area contributed by atoms with Gasteiger partial charge in [0.25, 0.3) is 0 Å². The zero-order valence-corrected chi connectivity index (χ0v) is 9.34. The summed E-state index contributed by atoms with van der Waals surface area (Å²) in [7, 11) is 0. The third-order valence-corrected chi connectivity index (χ3v) is 3.44. The smallest absolute Gasteiger partial charge is 0.111 e. The molecule has 0 bridgehead atoms. The summed E-state index contributed by atoms with van der Waals surface area (Å²) in [5, 5.41) is 0. The SMILES string of the molecule is CCc1nc2n(c1Br)CCC(N)C2. The molecule has 72 valence electrons. The van der Waals surface area contributed by atoms with Crippen LogP contribution in [-0.2, 0) is 19.4 Å². The van der Waals surface area contributed by atoms with Gasteiger partial charge in [0.05, 0.1) is 5.69 Å². The van der Waals surface area contributed by atoms with Gasteiger partial charge in [-0.3, -0.25) is 0 Å². The van der Waals surface area contributed by atoms with Gasteiger partial charge in [-0.25, -0.2) is 4.98 Å². The van der Waals surface area contributed by atoms with Crippen LogP contribution in [-0.4, -0.2) is 15.6 Å². The molecular weight excluding hydrogens is 230 g/mol. The van der Waals surface area contributed by atoms with Gasteiger partial charge in [0.2, 0.25) is 0 Å². The summed E-state index contributed by atoms with van der Waals surface area (Å²) in [5.41, 5.74) is 7.04. The number of rotatable bonds is 1. The average molecular weight is 244 g/mol. The number of aromatic nitrogens is 2. The van der Waals surface area contributed by atoms with Crippen LogP contribution in [0.15, 0.2) is 4.60 Å². The van der Waals surface area contributed by atoms with E-state index in [-0.39, 0.29) is 0 Å². The quantitative estimate of drug-likeness (QED) is 0.813. The molecule has 1 unspecified atom stereocenters. The summed E-state index contributed by atoms with van der Waals surface area (Å²) < 4.78 is 3.39. The van der Waals surface area contributed by atoms with Gasteiger partial charge < -0.3 is 10.3 Å². The van der Waals surface area contributed by atoms with E-state index in [0.29, 0.717) is 6.04 Å². The maximum absolute atomic E-state index is 5.88. The van der Waals surface area contributed by atoms with Crippen LogP contribution in [0.1, 0.15) is 24.9 Å². The summed E-state index contributed by atoms with van der Waals surface area (Å²) in [6, 6.07) is 0.298. The Labute approximate surface area is 86.5 Å². The van der Waals surface area contributed by atoms with Crippen molar-refractivity contribution in [3.8, 4) is 0 Å². The number of imidazole rings is 1. The summed E-state index contributed by atoms with van der Waals surface area (Å²) in [5.74, 6) is 1.14. The molecule has 1 aromatic rings. The number of halogens is 1. The Morgan fingerprint density at radius 2 is 2.46 bits per heavy atom. The van der Waals surface area contributed by atoms with E-state index >= 15 is 0 Å². The average Bonchev–Trinajstić information content (AvgIpc) is 2.42. The van der Waals surface area contributed by atoms with Crippen LogP contribution in [0.5, 0.6) is 0 Å². The van der Waals surface area contributed by atoms with Crippen LogP contribution in [0.4, 0.5) is 0 Å². The van der Waals surface area contributed by atoms with Crippen molar-refractivity contribution in [3.05, 3.63) is 16.1 Å². The van der Waals surface area contributed by atoms with Crippen molar-refractivity contribution in [1.29, 1.82) is 0 Å². The largest absolute Gasteiger partial charge is 0.327 e. The highest BCUT2D eigenvalue weighted by Crippen LogP contribution is 2.24. The molecule has 1 aromatic heterocycles. The zero-order valence-electron chi connectivity index (χ0n) is 7.76. The van der Waals surface area contributed by atoms with Crippen molar-refractivity contribution in [2.45, 2.75) is 38.8 Å². The lowest BCUT2D eigenvalue weighted by Crippen LogP contribution is -2.30. The molecule has 4 heteroatoms. The Balaban J connectivity index is 2.39. The number of fused-ring (bicyclic) bond motifs is 1. The normalized spacial score (nSPS) is 21.6. The summed E-state index contributed by atoms with van der Waals surface area (Å²) in [6.45, 7) is 3.13. The molecule has 0 aliphatic carbocycles. The topological polar surface area (TPSA) is 43.8 Å². The molecule has 1 aliphatic heterocycles. The minimum Gasteiger partial charge on any atom is -0.327 e. The predicted molar refractivity (Wildman–Crippen MR) is 55.6 cm³/mol. The van der Waals surface area contributed by atoms with Gasteiger partial charge in [0.1, 0.15) is 10.4 Å². The molecule has 0 spiro atoms. The number of hydrogen-bond donors (Lipinski definition) is 1. The van der Waals surface area contributed by atoms with E-state index in [1.807, 2.05) is 0 Å². The van der Waals surface area contributed by atoms with Gasteiger partial charge in [0, 0.05) is 19.0 Å². The van der Waals surface area contributed by atoms with Crippen molar-refractivity contribution in [2.75, 3.05) is 0 Å². The third-order valence-electron chi connectivity index (χ3n) is 2.55. The molecule has 13 heavy (non-hydrogen) atoms. The van der Waals surface area contributed by atoms with Crippen molar-refractivity contribution < 1.29 is 0 Å². The Morgan fingerprint density at radius 3 is 3.15 bits per heavy atom. The molecule has 0 saturated heterocycles. The number of nitrogens with two attached hydrogens (primary N) is 1. The highest BCUT2D eigenvalue weighted by atomic mass is 79.9. The van der Waals surface area contributed by atoms with E-state index in [0.717, 1.165) is 41.9 Å². The van der Waals surface area contributed by atoms with Gasteiger partial charge in [0.15, 0.2) is 0 Å². The van der Waals surface area contributed by atoms with E-state index in [1.54, 1.807) is 0 Å². The highest BCUT2D eigenvalue weighted by Gasteiger charge is 2.20. The molecule has 2 N–H and O–H groups in total. The van der Waals surface area contributed by atoms with Crippen molar-refractivity contribution >= 4 is 15.9 Å². The summed E-state index contributed by atoms with van der Waals surface area (Å²) >= 11 is 3.58. The number of nitrogens with zero attached hydrogens (tertiary/aromatic N) is 2. The minimum absolute atomic E-state index is 0.298. The fourth-order valence-electron chi connectivity index (χ4n) is 1.77. The second kappa shape index (κ2) is 3.42. The molecule has 1 aliphatic rings. The van der Waals surface area contributed by atoms with Gasteiger partial charge in [-0.1, -0.05) is 6.92 Å². The molecule has 0 radical (unpaired) electrons. The first-order valence-corrected chi connectivity index (χ1v) is 5.51. The molecule has 0 fully saturated rings. The molecule has 0 saturated carbocycles. The first-order valence-electron chi connectivity index (χ1n) is 4.71. The molecule has 0 amide bonds. The number of hydrogen-bond acceptors (Lipinski definition) is 2. The summed E-state index contributed by atoms with van der Waals surface area (Å²) in [4.78, 5) is 4.56. The van der Waals surface area contributed by atoms with E-state index in [1.165, 1.54) is 0 Å². The molecular formula is C9H14BrN3. The van der Waals surface area contributed by atoms with Gasteiger partial charge >= 0.3 is 0 Å². The Hall–Kier alpha value is -0.350. The Bertz CT molecular complexity index is 319. The molecule has 1 atom stereocenters. The first kappa shape index (κ1) is 9.21. The van der Waals surface area contributed by atoms with E-state index < -0.39 is 0 Å². The molecule has 3 nitrogen and oxygen atoms in total. The van der Waals surface area contributed by atoms with Crippen molar-refractivity contribution in [1.82, 2.24) is 9.55 Å². The second-order valence-electron chi connectivity index (χ2n) is 3.52. The fraction of sp³-hybridized carbons (Fsp3) is 0.667. The highest BCUT2D eigenvalue weighted by molar-refractivity contribution is 9.10. The lowest BCUT2D eigenvalue weighted by Gasteiger charge is -2.19. The maximum Gasteiger partial charge on any atom is 0.111 e. The lowest BCUT2D eigenvalue weighted by atomic mass is 10.1. The zero-order chi connectivity index (χ0) is 9.42.